The van der Waals surface area contributed by atoms with Gasteiger partial charge in [0.1, 0.15) is 0 Å². The molecule has 0 atom stereocenters. The molecule has 0 spiro atoms. The van der Waals surface area contributed by atoms with E-state index in [0.29, 0.717) is 17.5 Å². The maximum atomic E-state index is 12.4. The molecule has 2 aromatic heterocycles. The number of aryl methyl sites for hydroxylation is 2. The second-order valence-corrected chi connectivity index (χ2v) is 8.57. The van der Waals surface area contributed by atoms with E-state index in [1.54, 1.807) is 22.7 Å². The Morgan fingerprint density at radius 3 is 2.71 bits per heavy atom. The molecule has 0 saturated heterocycles. The average Bonchev–Trinajstić information content (AvgIpc) is 3.23. The number of fused-ring (bicyclic) bond motifs is 2. The van der Waals surface area contributed by atoms with Gasteiger partial charge >= 0.3 is 0 Å². The number of anilines is 1. The van der Waals surface area contributed by atoms with E-state index in [4.69, 9.17) is 0 Å². The van der Waals surface area contributed by atoms with Gasteiger partial charge in [-0.15, -0.1) is 5.10 Å². The smallest absolute Gasteiger partial charge is 0.261 e. The Morgan fingerprint density at radius 2 is 1.96 bits per heavy atom. The molecule has 0 radical (unpaired) electrons. The van der Waals surface area contributed by atoms with Gasteiger partial charge in [-0.25, -0.2) is 4.52 Å². The summed E-state index contributed by atoms with van der Waals surface area (Å²) in [6.07, 6.45) is 0.515. The van der Waals surface area contributed by atoms with Crippen LogP contribution < -0.4 is 5.32 Å². The summed E-state index contributed by atoms with van der Waals surface area (Å²) in [5, 5.41) is 6.95. The molecule has 4 rings (SSSR count). The largest absolute Gasteiger partial charge is 0.293 e. The summed E-state index contributed by atoms with van der Waals surface area (Å²) in [6, 6.07) is 5.00. The Balaban J connectivity index is 1.34. The molecule has 1 aliphatic rings. The summed E-state index contributed by atoms with van der Waals surface area (Å²) in [6.45, 7) is 4.12. The molecular weight excluding hydrogens is 446 g/mol. The molecule has 1 aliphatic heterocycles. The predicted molar refractivity (Wildman–Crippen MR) is 108 cm³/mol. The van der Waals surface area contributed by atoms with Gasteiger partial charge in [-0.3, -0.25) is 24.6 Å². The highest BCUT2D eigenvalue weighted by molar-refractivity contribution is 9.10. The van der Waals surface area contributed by atoms with E-state index in [0.717, 1.165) is 20.0 Å². The zero-order valence-corrected chi connectivity index (χ0v) is 17.6. The van der Waals surface area contributed by atoms with Crippen molar-refractivity contribution in [2.75, 3.05) is 11.9 Å². The minimum absolute atomic E-state index is 0.155. The average molecular weight is 462 g/mol. The third kappa shape index (κ3) is 3.22. The molecule has 144 valence electrons. The summed E-state index contributed by atoms with van der Waals surface area (Å²) in [7, 11) is 0. The number of nitrogens with one attached hydrogen (secondary N) is 1. The van der Waals surface area contributed by atoms with Crippen LogP contribution in [0.3, 0.4) is 0 Å². The van der Waals surface area contributed by atoms with Crippen molar-refractivity contribution in [3.8, 4) is 0 Å². The minimum Gasteiger partial charge on any atom is -0.293 e. The van der Waals surface area contributed by atoms with E-state index in [9.17, 15) is 14.4 Å². The first kappa shape index (κ1) is 18.8. The quantitative estimate of drug-likeness (QED) is 0.588. The summed E-state index contributed by atoms with van der Waals surface area (Å²) in [5.41, 5.74) is 1.77. The zero-order valence-electron chi connectivity index (χ0n) is 15.2. The minimum atomic E-state index is -0.330. The fraction of sp³-hybridized carbons (Fsp3) is 0.278. The number of halogens is 1. The molecular formula is C18H16BrN5O3S. The molecule has 8 nitrogen and oxygen atoms in total. The second kappa shape index (κ2) is 7.10. The van der Waals surface area contributed by atoms with Crippen molar-refractivity contribution in [3.63, 3.8) is 0 Å². The van der Waals surface area contributed by atoms with Crippen LogP contribution in [-0.4, -0.2) is 43.8 Å². The topological polar surface area (TPSA) is 96.7 Å². The highest BCUT2D eigenvalue weighted by Gasteiger charge is 2.35. The fourth-order valence-electron chi connectivity index (χ4n) is 3.05. The van der Waals surface area contributed by atoms with Gasteiger partial charge in [-0.2, -0.15) is 4.98 Å². The van der Waals surface area contributed by atoms with Crippen LogP contribution >= 0.6 is 27.3 Å². The van der Waals surface area contributed by atoms with E-state index in [-0.39, 0.29) is 36.6 Å². The molecule has 3 amide bonds. The lowest BCUT2D eigenvalue weighted by Gasteiger charge is -2.13. The normalized spacial score (nSPS) is 13.5. The Labute approximate surface area is 172 Å². The molecule has 28 heavy (non-hydrogen) atoms. The van der Waals surface area contributed by atoms with Crippen molar-refractivity contribution >= 4 is 55.9 Å². The lowest BCUT2D eigenvalue weighted by atomic mass is 10.1. The van der Waals surface area contributed by atoms with Crippen LogP contribution in [0.25, 0.3) is 4.96 Å². The van der Waals surface area contributed by atoms with E-state index in [1.165, 1.54) is 16.2 Å². The monoisotopic (exact) mass is 461 g/mol. The van der Waals surface area contributed by atoms with Crippen LogP contribution in [0, 0.1) is 13.8 Å². The maximum absolute atomic E-state index is 12.4. The Hall–Kier alpha value is -2.59. The number of hydrogen-bond donors (Lipinski definition) is 1. The number of benzene rings is 1. The molecule has 0 unspecified atom stereocenters. The summed E-state index contributed by atoms with van der Waals surface area (Å²) >= 11 is 4.82. The van der Waals surface area contributed by atoms with Crippen molar-refractivity contribution < 1.29 is 14.4 Å². The van der Waals surface area contributed by atoms with Gasteiger partial charge in [-0.1, -0.05) is 27.3 Å². The van der Waals surface area contributed by atoms with Crippen LogP contribution in [-0.2, 0) is 4.79 Å². The van der Waals surface area contributed by atoms with Crippen LogP contribution in [0.5, 0.6) is 0 Å². The third-order valence-electron chi connectivity index (χ3n) is 4.62. The van der Waals surface area contributed by atoms with Gasteiger partial charge in [0.05, 0.1) is 16.8 Å². The molecule has 0 saturated carbocycles. The number of carbonyl (C=O) groups is 3. The van der Waals surface area contributed by atoms with Crippen molar-refractivity contribution in [1.82, 2.24) is 19.5 Å². The van der Waals surface area contributed by atoms with Gasteiger partial charge in [0.15, 0.2) is 0 Å². The van der Waals surface area contributed by atoms with E-state index < -0.39 is 0 Å². The molecule has 0 fully saturated rings. The predicted octanol–water partition coefficient (Wildman–Crippen LogP) is 3.19. The Morgan fingerprint density at radius 1 is 1.21 bits per heavy atom. The molecule has 1 aromatic carbocycles. The first-order valence-electron chi connectivity index (χ1n) is 8.63. The number of hydrogen-bond acceptors (Lipinski definition) is 6. The Kier molecular flexibility index (Phi) is 4.76. The summed E-state index contributed by atoms with van der Waals surface area (Å²) in [4.78, 5) is 44.3. The number of nitrogens with zero attached hydrogens (tertiary/aromatic N) is 4. The van der Waals surface area contributed by atoms with Gasteiger partial charge in [0.2, 0.25) is 16.8 Å². The van der Waals surface area contributed by atoms with Crippen LogP contribution in [0.2, 0.25) is 0 Å². The third-order valence-corrected chi connectivity index (χ3v) is 6.16. The van der Waals surface area contributed by atoms with E-state index in [1.807, 2.05) is 13.8 Å². The fourth-order valence-corrected chi connectivity index (χ4v) is 4.31. The number of amides is 3. The van der Waals surface area contributed by atoms with Gasteiger partial charge in [0, 0.05) is 22.3 Å². The number of carbonyl (C=O) groups excluding carboxylic acids is 3. The number of aromatic nitrogens is 3. The lowest BCUT2D eigenvalue weighted by molar-refractivity contribution is -0.116. The van der Waals surface area contributed by atoms with E-state index >= 15 is 0 Å². The molecule has 0 bridgehead atoms. The lowest BCUT2D eigenvalue weighted by Crippen LogP contribution is -2.31. The number of thiazole rings is 1. The molecule has 1 N–H and O–H groups in total. The standard InChI is InChI=1S/C18H16BrN5O3S/c1-9-10(2)28-18-21-17(22-24(9)18)20-14(25)4-3-7-23-15(26)12-6-5-11(19)8-13(12)16(23)27/h5-6,8H,3-4,7H2,1-2H3,(H,20,22,25). The molecule has 0 aliphatic carbocycles. The first-order valence-corrected chi connectivity index (χ1v) is 10.2. The van der Waals surface area contributed by atoms with Crippen molar-refractivity contribution in [2.45, 2.75) is 26.7 Å². The molecule has 3 heterocycles. The highest BCUT2D eigenvalue weighted by Crippen LogP contribution is 2.26. The zero-order chi connectivity index (χ0) is 20.0. The van der Waals surface area contributed by atoms with Gasteiger partial charge in [0.25, 0.3) is 11.8 Å². The van der Waals surface area contributed by atoms with Crippen LogP contribution in [0.4, 0.5) is 5.95 Å². The van der Waals surface area contributed by atoms with Crippen LogP contribution in [0.15, 0.2) is 22.7 Å². The number of imide groups is 1. The second-order valence-electron chi connectivity index (χ2n) is 6.48. The van der Waals surface area contributed by atoms with Crippen molar-refractivity contribution in [3.05, 3.63) is 44.4 Å². The van der Waals surface area contributed by atoms with Gasteiger partial charge in [-0.05, 0) is 38.5 Å². The summed E-state index contributed by atoms with van der Waals surface area (Å²) in [5.74, 6) is -0.657. The van der Waals surface area contributed by atoms with E-state index in [2.05, 4.69) is 31.3 Å². The van der Waals surface area contributed by atoms with Crippen molar-refractivity contribution in [1.29, 1.82) is 0 Å². The first-order chi connectivity index (χ1) is 13.3. The molecule has 10 heteroatoms. The van der Waals surface area contributed by atoms with Gasteiger partial charge < -0.3 is 0 Å². The van der Waals surface area contributed by atoms with Crippen LogP contribution in [0.1, 0.15) is 44.1 Å². The summed E-state index contributed by atoms with van der Waals surface area (Å²) < 4.78 is 2.44. The van der Waals surface area contributed by atoms with Crippen molar-refractivity contribution in [2.24, 2.45) is 0 Å². The highest BCUT2D eigenvalue weighted by atomic mass is 79.9. The maximum Gasteiger partial charge on any atom is 0.261 e. The SMILES string of the molecule is Cc1sc2nc(NC(=O)CCCN3C(=O)c4ccc(Br)cc4C3=O)nn2c1C. The number of rotatable bonds is 5. The Bertz CT molecular complexity index is 1140. The molecule has 3 aromatic rings.